The standard InChI is InChI=1S/C6H15BO3.Li/c1-4-8-7(9-5-2)10-6-3;/h4-6H2,1-3H3;/q-1;+1. The van der Waals surface area contributed by atoms with E-state index in [4.69, 9.17) is 14.0 Å². The van der Waals surface area contributed by atoms with Crippen LogP contribution in [0.15, 0.2) is 0 Å². The number of hydrogen-bond donors (Lipinski definition) is 0. The van der Waals surface area contributed by atoms with Crippen LogP contribution in [0.25, 0.3) is 0 Å². The average Bonchev–Trinajstić information content (AvgIpc) is 1.90. The van der Waals surface area contributed by atoms with Crippen molar-refractivity contribution in [2.45, 2.75) is 20.8 Å². The molecule has 61 valence electrons. The van der Waals surface area contributed by atoms with Crippen molar-refractivity contribution in [3.8, 4) is 0 Å². The van der Waals surface area contributed by atoms with E-state index in [0.717, 1.165) is 0 Å². The molecular weight excluding hydrogens is 138 g/mol. The van der Waals surface area contributed by atoms with E-state index in [1.54, 1.807) is 0 Å². The Morgan fingerprint density at radius 1 is 0.818 bits per heavy atom. The van der Waals surface area contributed by atoms with Crippen molar-refractivity contribution in [1.82, 2.24) is 0 Å². The van der Waals surface area contributed by atoms with Gasteiger partial charge in [0, 0.05) is 0 Å². The topological polar surface area (TPSA) is 27.7 Å². The van der Waals surface area contributed by atoms with E-state index in [9.17, 15) is 0 Å². The van der Waals surface area contributed by atoms with E-state index in [0.29, 0.717) is 19.8 Å². The van der Waals surface area contributed by atoms with Gasteiger partial charge in [0.2, 0.25) is 0 Å². The molecule has 0 saturated heterocycles. The van der Waals surface area contributed by atoms with Gasteiger partial charge in [0.1, 0.15) is 0 Å². The van der Waals surface area contributed by atoms with Crippen molar-refractivity contribution in [2.24, 2.45) is 0 Å². The van der Waals surface area contributed by atoms with E-state index >= 15 is 0 Å². The van der Waals surface area contributed by atoms with Crippen LogP contribution < -0.4 is 18.9 Å². The van der Waals surface area contributed by atoms with Crippen LogP contribution in [-0.4, -0.2) is 27.1 Å². The molecule has 1 radical (unpaired) electrons. The van der Waals surface area contributed by atoms with Crippen LogP contribution in [0.2, 0.25) is 0 Å². The van der Waals surface area contributed by atoms with Crippen LogP contribution in [0.3, 0.4) is 0 Å². The fraction of sp³-hybridized carbons (Fsp3) is 1.00. The quantitative estimate of drug-likeness (QED) is 0.416. The second-order valence-corrected chi connectivity index (χ2v) is 1.65. The summed E-state index contributed by atoms with van der Waals surface area (Å²) in [5.74, 6) is 0. The van der Waals surface area contributed by atoms with Gasteiger partial charge in [-0.05, 0) is 40.6 Å². The smallest absolute Gasteiger partial charge is 0.567 e. The van der Waals surface area contributed by atoms with Crippen molar-refractivity contribution in [3.63, 3.8) is 0 Å². The first-order valence-electron chi connectivity index (χ1n) is 3.69. The second kappa shape index (κ2) is 10.5. The van der Waals surface area contributed by atoms with Gasteiger partial charge in [-0.3, -0.25) is 0 Å². The molecule has 3 nitrogen and oxygen atoms in total. The van der Waals surface area contributed by atoms with E-state index in [1.807, 2.05) is 20.8 Å². The summed E-state index contributed by atoms with van der Waals surface area (Å²) in [6.45, 7) is 7.57. The van der Waals surface area contributed by atoms with Gasteiger partial charge in [0.05, 0.1) is 0 Å². The predicted octanol–water partition coefficient (Wildman–Crippen LogP) is -1.92. The van der Waals surface area contributed by atoms with E-state index in [2.05, 4.69) is 0 Å². The van der Waals surface area contributed by atoms with Crippen LogP contribution in [0.4, 0.5) is 0 Å². The maximum Gasteiger partial charge on any atom is 1.00 e. The maximum atomic E-state index is 5.08. The van der Waals surface area contributed by atoms with E-state index in [1.165, 1.54) is 0 Å². The van der Waals surface area contributed by atoms with Crippen LogP contribution in [-0.2, 0) is 14.0 Å². The molecule has 0 rings (SSSR count). The largest absolute Gasteiger partial charge is 1.00 e. The summed E-state index contributed by atoms with van der Waals surface area (Å²) in [5, 5.41) is 0. The molecule has 11 heavy (non-hydrogen) atoms. The summed E-state index contributed by atoms with van der Waals surface area (Å²) in [4.78, 5) is 0. The molecule has 0 heterocycles. The zero-order chi connectivity index (χ0) is 7.82. The minimum absolute atomic E-state index is 0. The molecule has 0 aliphatic carbocycles. The second-order valence-electron chi connectivity index (χ2n) is 1.65. The van der Waals surface area contributed by atoms with Crippen molar-refractivity contribution < 1.29 is 32.8 Å². The summed E-state index contributed by atoms with van der Waals surface area (Å²) >= 11 is 0. The zero-order valence-corrected chi connectivity index (χ0v) is 7.92. The third-order valence-electron chi connectivity index (χ3n) is 0.908. The Balaban J connectivity index is 0. The van der Waals surface area contributed by atoms with Gasteiger partial charge >= 0.3 is 26.2 Å². The Labute approximate surface area is 81.1 Å². The number of hydrogen-bond acceptors (Lipinski definition) is 3. The van der Waals surface area contributed by atoms with Gasteiger partial charge in [-0.2, -0.15) is 0 Å². The SMILES string of the molecule is CCO[B-](OCC)OCC.[Li+]. The molecule has 0 unspecified atom stereocenters. The first-order chi connectivity index (χ1) is 4.85. The van der Waals surface area contributed by atoms with Crippen LogP contribution in [0.5, 0.6) is 0 Å². The third kappa shape index (κ3) is 8.45. The Bertz CT molecular complexity index is 60.6. The van der Waals surface area contributed by atoms with Gasteiger partial charge in [-0.25, -0.2) is 0 Å². The molecule has 0 bridgehead atoms. The molecule has 0 saturated carbocycles. The van der Waals surface area contributed by atoms with Crippen LogP contribution >= 0.6 is 0 Å². The van der Waals surface area contributed by atoms with Crippen molar-refractivity contribution in [2.75, 3.05) is 19.8 Å². The molecule has 0 aliphatic rings. The summed E-state index contributed by atoms with van der Waals surface area (Å²) in [5.41, 5.74) is 0. The summed E-state index contributed by atoms with van der Waals surface area (Å²) in [7, 11) is -0.472. The molecule has 0 fully saturated rings. The Morgan fingerprint density at radius 2 is 1.09 bits per heavy atom. The normalized spacial score (nSPS) is 9.82. The molecule has 0 atom stereocenters. The molecule has 0 aliphatic heterocycles. The monoisotopic (exact) mass is 153 g/mol. The van der Waals surface area contributed by atoms with E-state index < -0.39 is 7.32 Å². The van der Waals surface area contributed by atoms with Crippen molar-refractivity contribution >= 4 is 7.32 Å². The zero-order valence-electron chi connectivity index (χ0n) is 7.92. The first-order valence-corrected chi connectivity index (χ1v) is 3.69. The van der Waals surface area contributed by atoms with E-state index in [-0.39, 0.29) is 18.9 Å². The molecule has 0 spiro atoms. The van der Waals surface area contributed by atoms with Crippen LogP contribution in [0, 0.1) is 0 Å². The Kier molecular flexibility index (Phi) is 13.5. The Hall–Kier alpha value is 0.542. The van der Waals surface area contributed by atoms with Crippen molar-refractivity contribution in [3.05, 3.63) is 0 Å². The fourth-order valence-electron chi connectivity index (χ4n) is 0.553. The minimum Gasteiger partial charge on any atom is -0.567 e. The maximum absolute atomic E-state index is 5.08. The molecule has 5 heteroatoms. The predicted molar refractivity (Wildman–Crippen MR) is 40.6 cm³/mol. The molecule has 0 N–H and O–H groups in total. The van der Waals surface area contributed by atoms with Gasteiger partial charge in [0.25, 0.3) is 0 Å². The summed E-state index contributed by atoms with van der Waals surface area (Å²) in [6.07, 6.45) is 0. The molecule has 0 aromatic carbocycles. The average molecular weight is 153 g/mol. The summed E-state index contributed by atoms with van der Waals surface area (Å²) < 4.78 is 15.2. The molecule has 0 aromatic heterocycles. The minimum atomic E-state index is -0.472. The van der Waals surface area contributed by atoms with Crippen LogP contribution in [0.1, 0.15) is 20.8 Å². The van der Waals surface area contributed by atoms with Gasteiger partial charge in [-0.1, -0.05) is 0 Å². The molecule has 0 amide bonds. The molecule has 0 aromatic rings. The first kappa shape index (κ1) is 14.1. The summed E-state index contributed by atoms with van der Waals surface area (Å²) in [6, 6.07) is 0. The molecular formula is C6H15BLiO3. The van der Waals surface area contributed by atoms with Gasteiger partial charge in [-0.15, -0.1) is 0 Å². The fourth-order valence-corrected chi connectivity index (χ4v) is 0.553. The Morgan fingerprint density at radius 3 is 1.27 bits per heavy atom. The van der Waals surface area contributed by atoms with Gasteiger partial charge < -0.3 is 14.0 Å². The number of rotatable bonds is 6. The third-order valence-corrected chi connectivity index (χ3v) is 0.908. The van der Waals surface area contributed by atoms with Crippen molar-refractivity contribution in [1.29, 1.82) is 0 Å². The van der Waals surface area contributed by atoms with Gasteiger partial charge in [0.15, 0.2) is 0 Å².